The number of thioether (sulfide) groups is 6. The van der Waals surface area contributed by atoms with Gasteiger partial charge in [0.1, 0.15) is 0 Å². The summed E-state index contributed by atoms with van der Waals surface area (Å²) in [7, 11) is 20.7. The molecule has 116 heavy (non-hydrogen) atoms. The van der Waals surface area contributed by atoms with Crippen LogP contribution in [0.3, 0.4) is 0 Å². The second kappa shape index (κ2) is 55.7. The fraction of sp³-hybridized carbons (Fsp3) is 0.452. The molecule has 22 nitrogen and oxygen atoms in total. The summed E-state index contributed by atoms with van der Waals surface area (Å²) in [6, 6.07) is 42.2. The van der Waals surface area contributed by atoms with Gasteiger partial charge < -0.3 is 71.4 Å². The van der Waals surface area contributed by atoms with Crippen LogP contribution >= 0.6 is 116 Å². The lowest BCUT2D eigenvalue weighted by Gasteiger charge is -2.31. The van der Waals surface area contributed by atoms with E-state index in [1.807, 2.05) is 115 Å². The number of nitrogen functional groups attached to an aromatic ring is 1. The van der Waals surface area contributed by atoms with Crippen LogP contribution in [0.25, 0.3) is 4.91 Å². The van der Waals surface area contributed by atoms with Crippen LogP contribution in [0.2, 0.25) is 0 Å². The van der Waals surface area contributed by atoms with Crippen molar-refractivity contribution in [2.75, 3.05) is 233 Å². The van der Waals surface area contributed by atoms with Crippen LogP contribution in [0, 0.1) is 31.0 Å². The summed E-state index contributed by atoms with van der Waals surface area (Å²) in [5.74, 6) is 14.1. The zero-order valence-corrected chi connectivity index (χ0v) is 77.6. The summed E-state index contributed by atoms with van der Waals surface area (Å²) in [4.78, 5) is 52.5. The first kappa shape index (κ1) is 101. The van der Waals surface area contributed by atoms with Crippen molar-refractivity contribution >= 4 is 178 Å². The highest BCUT2D eigenvalue weighted by Gasteiger charge is 2.25. The largest absolute Gasteiger partial charge is 0.412 e. The van der Waals surface area contributed by atoms with Gasteiger partial charge in [0.05, 0.1) is 49.7 Å². The Morgan fingerprint density at radius 1 is 0.474 bits per heavy atom. The van der Waals surface area contributed by atoms with Crippen molar-refractivity contribution in [3.05, 3.63) is 196 Å². The standard InChI is InChI=1S/2C19H25N3S2.C13H19N3O2S.C13H21N3S.C11H13ClN2O2S.C7H8S2.C2H7N.H4N2.H2O/c2*1-21(2)8-4-9-22-10-12-24-19-14-15(6-7-17(19)22)13-16(20)18-5-3-11-23-18;1-14(2)6-3-7-15-8-9-19-13-10-11(16(17)18)4-5-12(13)15;1-15(2)6-3-7-16-8-9-17-13-10-11(14)4-5-12(13)16;12-4-1-5-13-6-7-17-11-8-9(14(15)16)2-3-10(11)13;1-6(8-2)7-4-3-5-9-7;1-3-2;1-2;/h2*3,5-7,11,14,20H,4,8-10,12-13H2,1-2H3;4-5,10H,3,6-9H2,1-2H3;4-5,10H,3,6-9,14H2,1-2H3;2-3,8H,1,4-7H2;3-5H,1H2,2H3;3H,1-2H3;1-2H2;1H2. The maximum Gasteiger partial charge on any atom is 0.270 e. The molecule has 0 atom stereocenters. The first-order valence-electron chi connectivity index (χ1n) is 38.7. The van der Waals surface area contributed by atoms with Gasteiger partial charge in [-0.3, -0.25) is 31.9 Å². The molecule has 0 radical (unpaired) electrons. The van der Waals surface area contributed by atoms with Crippen LogP contribution in [0.1, 0.15) is 57.9 Å². The number of nitro benzene ring substituents is 2. The molecule has 5 aliphatic heterocycles. The number of rotatable bonds is 29. The van der Waals surface area contributed by atoms with E-state index in [2.05, 4.69) is 184 Å². The number of alkyl halides is 1. The lowest BCUT2D eigenvalue weighted by Crippen LogP contribution is -2.31. The second-order valence-corrected chi connectivity index (χ2v) is 38.2. The molecule has 8 aromatic rings. The molecule has 13 rings (SSSR count). The summed E-state index contributed by atoms with van der Waals surface area (Å²) in [6.07, 6.45) is 9.12. The number of benzene rings is 5. The molecule has 0 bridgehead atoms. The molecule has 0 fully saturated rings. The Morgan fingerprint density at radius 3 is 1.04 bits per heavy atom. The second-order valence-electron chi connectivity index (χ2n) is 28.4. The van der Waals surface area contributed by atoms with Crippen molar-refractivity contribution in [1.82, 2.24) is 24.9 Å². The molecule has 8 heterocycles. The molecule has 0 aliphatic carbocycles. The van der Waals surface area contributed by atoms with Crippen molar-refractivity contribution in [3.8, 4) is 0 Å². The van der Waals surface area contributed by atoms with Crippen molar-refractivity contribution < 1.29 is 15.3 Å². The number of thiophene rings is 3. The van der Waals surface area contributed by atoms with Gasteiger partial charge in [-0.15, -0.1) is 116 Å². The average molecular weight is 1780 g/mol. The van der Waals surface area contributed by atoms with E-state index in [1.54, 1.807) is 93.6 Å². The molecule has 636 valence electrons. The van der Waals surface area contributed by atoms with Crippen molar-refractivity contribution in [2.24, 2.45) is 11.7 Å². The molecule has 0 amide bonds. The minimum Gasteiger partial charge on any atom is -0.412 e. The average Bonchev–Trinajstić information content (AvgIpc) is 1.09. The lowest BCUT2D eigenvalue weighted by molar-refractivity contribution is -0.385. The van der Waals surface area contributed by atoms with Gasteiger partial charge in [-0.2, -0.15) is 0 Å². The number of nitrogens with zero attached hydrogens (tertiary/aromatic N) is 11. The van der Waals surface area contributed by atoms with E-state index >= 15 is 0 Å². The van der Waals surface area contributed by atoms with Crippen LogP contribution in [0.5, 0.6) is 0 Å². The number of nitro groups is 2. The van der Waals surface area contributed by atoms with Gasteiger partial charge in [-0.1, -0.05) is 36.9 Å². The topological polar surface area (TPSA) is 285 Å². The van der Waals surface area contributed by atoms with Gasteiger partial charge in [-0.25, -0.2) is 0 Å². The van der Waals surface area contributed by atoms with Crippen LogP contribution < -0.4 is 47.2 Å². The van der Waals surface area contributed by atoms with Crippen molar-refractivity contribution in [3.63, 3.8) is 0 Å². The van der Waals surface area contributed by atoms with E-state index in [1.165, 1.54) is 72.8 Å². The zero-order chi connectivity index (χ0) is 83.6. The Kier molecular flexibility index (Phi) is 48.3. The Morgan fingerprint density at radius 2 is 0.759 bits per heavy atom. The quantitative estimate of drug-likeness (QED) is 0.00634. The highest BCUT2D eigenvalue weighted by atomic mass is 35.5. The SMILES string of the molecule is C=C(SC)c1cccs1.CN(C)CCCN1CCSc2cc(CC(=N)c3cccs3)ccc21.CN(C)CCCN1CCSc2cc(CC(=N)c3cccs3)ccc21.CN(C)CCCN1CCSc2cc(N)ccc21.CN(C)CCCN1CCSc2cc([N+](=O)[O-])ccc21.CNC.NN.O.O=[N+]([O-])c1ccc2c(c1)SCCN2CCCCl. The highest BCUT2D eigenvalue weighted by Crippen LogP contribution is 2.41. The van der Waals surface area contributed by atoms with Crippen LogP contribution in [0.15, 0.2) is 175 Å². The number of fused-ring (bicyclic) bond motifs is 5. The monoisotopic (exact) mass is 1770 g/mol. The van der Waals surface area contributed by atoms with Crippen molar-refractivity contribution in [2.45, 2.75) is 69.4 Å². The van der Waals surface area contributed by atoms with Crippen LogP contribution in [0.4, 0.5) is 45.5 Å². The predicted molar refractivity (Wildman–Crippen MR) is 516 cm³/mol. The number of anilines is 6. The molecule has 0 saturated carbocycles. The summed E-state index contributed by atoms with van der Waals surface area (Å²) >= 11 is 21.6. The fourth-order valence-corrected chi connectivity index (χ4v) is 20.9. The van der Waals surface area contributed by atoms with E-state index in [4.69, 9.17) is 28.2 Å². The molecular formula is C84H124ClN17O5S9. The van der Waals surface area contributed by atoms with Gasteiger partial charge in [0.15, 0.2) is 0 Å². The number of non-ortho nitro benzene ring substituents is 2. The summed E-state index contributed by atoms with van der Waals surface area (Å²) in [6.45, 7) is 19.1. The first-order valence-corrected chi connectivity index (χ1v) is 48.0. The summed E-state index contributed by atoms with van der Waals surface area (Å²) < 4.78 is 0. The molecule has 0 spiro atoms. The number of halogens is 1. The van der Waals surface area contributed by atoms with E-state index in [9.17, 15) is 20.2 Å². The maximum absolute atomic E-state index is 10.8. The minimum atomic E-state index is -0.349. The zero-order valence-electron chi connectivity index (χ0n) is 69.5. The van der Waals surface area contributed by atoms with Gasteiger partial charge in [0, 0.05) is 187 Å². The summed E-state index contributed by atoms with van der Waals surface area (Å²) in [5.41, 5.74) is 17.3. The highest BCUT2D eigenvalue weighted by molar-refractivity contribution is 8.07. The smallest absolute Gasteiger partial charge is 0.270 e. The summed E-state index contributed by atoms with van der Waals surface area (Å²) in [5, 5.41) is 47.0. The van der Waals surface area contributed by atoms with Gasteiger partial charge in [0.25, 0.3) is 11.4 Å². The molecule has 11 N–H and O–H groups in total. The molecule has 0 saturated heterocycles. The normalized spacial score (nSPS) is 13.5. The van der Waals surface area contributed by atoms with Crippen LogP contribution in [-0.4, -0.2) is 249 Å². The molecule has 5 aromatic carbocycles. The number of nitrogens with one attached hydrogen (secondary N) is 3. The third-order valence-electron chi connectivity index (χ3n) is 18.3. The van der Waals surface area contributed by atoms with Crippen LogP contribution in [-0.2, 0) is 12.8 Å². The number of nitrogens with two attached hydrogens (primary N) is 3. The van der Waals surface area contributed by atoms with Gasteiger partial charge >= 0.3 is 0 Å². The fourth-order valence-electron chi connectivity index (χ4n) is 12.7. The Labute approximate surface area is 733 Å². The third-order valence-corrected chi connectivity index (χ3v) is 27.3. The van der Waals surface area contributed by atoms with E-state index in [0.717, 1.165) is 182 Å². The molecule has 32 heteroatoms. The van der Waals surface area contributed by atoms with E-state index in [0.29, 0.717) is 17.3 Å². The van der Waals surface area contributed by atoms with E-state index in [-0.39, 0.29) is 26.7 Å². The number of hydrogen-bond donors (Lipinski definition) is 6. The lowest BCUT2D eigenvalue weighted by atomic mass is 10.1. The number of hydrazine groups is 1. The Hall–Kier alpha value is -6.05. The van der Waals surface area contributed by atoms with Gasteiger partial charge in [-0.05, 0) is 235 Å². The molecule has 5 aliphatic rings. The van der Waals surface area contributed by atoms with E-state index < -0.39 is 0 Å². The predicted octanol–water partition coefficient (Wildman–Crippen LogP) is 17.1. The minimum absolute atomic E-state index is 0. The Bertz CT molecular complexity index is 4070. The first-order chi connectivity index (χ1) is 55.5. The third kappa shape index (κ3) is 35.0. The van der Waals surface area contributed by atoms with Crippen molar-refractivity contribution in [1.29, 1.82) is 10.8 Å². The van der Waals surface area contributed by atoms with Gasteiger partial charge in [0.2, 0.25) is 0 Å². The molecule has 3 aromatic heterocycles. The molecular weight excluding hydrogens is 1650 g/mol. The number of hydrogen-bond acceptors (Lipinski definition) is 28. The Balaban J connectivity index is 0.000000249. The molecule has 0 unspecified atom stereocenters. The maximum atomic E-state index is 10.8.